The van der Waals surface area contributed by atoms with Gasteiger partial charge in [-0.3, -0.25) is 9.48 Å². The summed E-state index contributed by atoms with van der Waals surface area (Å²) in [5, 5.41) is 5.04. The lowest BCUT2D eigenvalue weighted by Gasteiger charge is -2.04. The number of nitrogens with zero attached hydrogens (tertiary/aromatic N) is 3. The second kappa shape index (κ2) is 4.49. The van der Waals surface area contributed by atoms with Crippen molar-refractivity contribution in [2.45, 2.75) is 13.0 Å². The number of hydrogen-bond donors (Lipinski definition) is 0. The molecule has 0 saturated heterocycles. The molecule has 0 aromatic carbocycles. The SMILES string of the molecule is COCCCn1ccc2cn(C)nc2c1=O. The van der Waals surface area contributed by atoms with Crippen molar-refractivity contribution in [3.63, 3.8) is 0 Å². The predicted octanol–water partition coefficient (Wildman–Crippen LogP) is 0.772. The summed E-state index contributed by atoms with van der Waals surface area (Å²) in [4.78, 5) is 12.0. The molecule has 0 aliphatic carbocycles. The number of methoxy groups -OCH3 is 1. The van der Waals surface area contributed by atoms with Crippen LogP contribution in [-0.4, -0.2) is 28.1 Å². The van der Waals surface area contributed by atoms with Crippen molar-refractivity contribution in [2.24, 2.45) is 7.05 Å². The molecular weight excluding hydrogens is 206 g/mol. The molecule has 0 saturated carbocycles. The largest absolute Gasteiger partial charge is 0.385 e. The lowest BCUT2D eigenvalue weighted by molar-refractivity contribution is 0.190. The fraction of sp³-hybridized carbons (Fsp3) is 0.455. The van der Waals surface area contributed by atoms with Crippen LogP contribution in [-0.2, 0) is 18.3 Å². The quantitative estimate of drug-likeness (QED) is 0.716. The van der Waals surface area contributed by atoms with E-state index >= 15 is 0 Å². The summed E-state index contributed by atoms with van der Waals surface area (Å²) >= 11 is 0. The fourth-order valence-electron chi connectivity index (χ4n) is 1.72. The third-order valence-corrected chi connectivity index (χ3v) is 2.50. The van der Waals surface area contributed by atoms with Gasteiger partial charge in [-0.05, 0) is 12.5 Å². The van der Waals surface area contributed by atoms with Crippen LogP contribution in [0.4, 0.5) is 0 Å². The average Bonchev–Trinajstić information content (AvgIpc) is 2.64. The molecule has 0 aliphatic heterocycles. The minimum absolute atomic E-state index is 0.0331. The zero-order valence-electron chi connectivity index (χ0n) is 9.51. The number of fused-ring (bicyclic) bond motifs is 1. The normalized spacial score (nSPS) is 11.1. The van der Waals surface area contributed by atoms with E-state index in [4.69, 9.17) is 4.74 Å². The minimum Gasteiger partial charge on any atom is -0.385 e. The third-order valence-electron chi connectivity index (χ3n) is 2.50. The number of hydrogen-bond acceptors (Lipinski definition) is 3. The van der Waals surface area contributed by atoms with Gasteiger partial charge in [0.2, 0.25) is 0 Å². The maximum Gasteiger partial charge on any atom is 0.278 e. The Labute approximate surface area is 93.2 Å². The molecule has 0 radical (unpaired) electrons. The van der Waals surface area contributed by atoms with Crippen molar-refractivity contribution in [2.75, 3.05) is 13.7 Å². The summed E-state index contributed by atoms with van der Waals surface area (Å²) in [6.45, 7) is 1.33. The van der Waals surface area contributed by atoms with Gasteiger partial charge in [-0.15, -0.1) is 0 Å². The van der Waals surface area contributed by atoms with Gasteiger partial charge >= 0.3 is 0 Å². The highest BCUT2D eigenvalue weighted by Crippen LogP contribution is 2.05. The van der Waals surface area contributed by atoms with Crippen LogP contribution in [0.15, 0.2) is 23.3 Å². The fourth-order valence-corrected chi connectivity index (χ4v) is 1.72. The number of rotatable bonds is 4. The highest BCUT2D eigenvalue weighted by molar-refractivity contribution is 5.76. The van der Waals surface area contributed by atoms with Crippen LogP contribution < -0.4 is 5.56 Å². The van der Waals surface area contributed by atoms with Crippen molar-refractivity contribution < 1.29 is 4.74 Å². The summed E-state index contributed by atoms with van der Waals surface area (Å²) in [5.74, 6) is 0. The summed E-state index contributed by atoms with van der Waals surface area (Å²) in [6, 6.07) is 1.91. The molecule has 0 N–H and O–H groups in total. The Morgan fingerprint density at radius 1 is 1.50 bits per heavy atom. The number of aryl methyl sites for hydroxylation is 2. The third kappa shape index (κ3) is 1.99. The van der Waals surface area contributed by atoms with Gasteiger partial charge < -0.3 is 9.30 Å². The highest BCUT2D eigenvalue weighted by atomic mass is 16.5. The van der Waals surface area contributed by atoms with Gasteiger partial charge in [-0.2, -0.15) is 5.10 Å². The smallest absolute Gasteiger partial charge is 0.278 e. The van der Waals surface area contributed by atoms with E-state index in [2.05, 4.69) is 5.10 Å². The molecule has 0 atom stereocenters. The molecule has 86 valence electrons. The van der Waals surface area contributed by atoms with Gasteiger partial charge in [0, 0.05) is 45.1 Å². The number of aromatic nitrogens is 3. The second-order valence-corrected chi connectivity index (χ2v) is 3.77. The lowest BCUT2D eigenvalue weighted by atomic mass is 10.3. The zero-order chi connectivity index (χ0) is 11.5. The Morgan fingerprint density at radius 3 is 3.06 bits per heavy atom. The van der Waals surface area contributed by atoms with Crippen molar-refractivity contribution in [3.8, 4) is 0 Å². The van der Waals surface area contributed by atoms with Crippen molar-refractivity contribution >= 4 is 10.9 Å². The molecule has 16 heavy (non-hydrogen) atoms. The molecule has 0 fully saturated rings. The van der Waals surface area contributed by atoms with E-state index < -0.39 is 0 Å². The molecule has 0 bridgehead atoms. The Hall–Kier alpha value is -1.62. The summed E-state index contributed by atoms with van der Waals surface area (Å²) < 4.78 is 8.29. The average molecular weight is 221 g/mol. The van der Waals surface area contributed by atoms with Gasteiger partial charge in [0.15, 0.2) is 5.52 Å². The highest BCUT2D eigenvalue weighted by Gasteiger charge is 2.05. The van der Waals surface area contributed by atoms with Gasteiger partial charge in [0.05, 0.1) is 0 Å². The van der Waals surface area contributed by atoms with Gasteiger partial charge in [-0.25, -0.2) is 0 Å². The van der Waals surface area contributed by atoms with E-state index in [-0.39, 0.29) is 5.56 Å². The van der Waals surface area contributed by atoms with Crippen molar-refractivity contribution in [3.05, 3.63) is 28.8 Å². The van der Waals surface area contributed by atoms with Crippen LogP contribution in [0.2, 0.25) is 0 Å². The molecule has 0 amide bonds. The molecule has 5 nitrogen and oxygen atoms in total. The first kappa shape index (κ1) is 10.9. The van der Waals surface area contributed by atoms with Crippen LogP contribution >= 0.6 is 0 Å². The number of pyridine rings is 1. The van der Waals surface area contributed by atoms with Crippen molar-refractivity contribution in [1.29, 1.82) is 0 Å². The molecule has 2 heterocycles. The standard InChI is InChI=1S/C11H15N3O2/c1-13-8-9-4-6-14(5-3-7-16-2)11(15)10(9)12-13/h4,6,8H,3,5,7H2,1-2H3. The molecule has 2 aromatic rings. The molecule has 0 unspecified atom stereocenters. The van der Waals surface area contributed by atoms with Crippen LogP contribution in [0.1, 0.15) is 6.42 Å². The Kier molecular flexibility index (Phi) is 3.05. The maximum absolute atomic E-state index is 12.0. The Balaban J connectivity index is 2.33. The first-order valence-corrected chi connectivity index (χ1v) is 5.24. The Bertz CT molecular complexity index is 542. The van der Waals surface area contributed by atoms with E-state index in [0.717, 1.165) is 11.8 Å². The number of ether oxygens (including phenoxy) is 1. The molecule has 0 spiro atoms. The van der Waals surface area contributed by atoms with Gasteiger partial charge in [0.25, 0.3) is 5.56 Å². The lowest BCUT2D eigenvalue weighted by Crippen LogP contribution is -2.20. The molecule has 5 heteroatoms. The van der Waals surface area contributed by atoms with E-state index in [1.165, 1.54) is 0 Å². The maximum atomic E-state index is 12.0. The van der Waals surface area contributed by atoms with Crippen molar-refractivity contribution in [1.82, 2.24) is 14.3 Å². The Morgan fingerprint density at radius 2 is 2.31 bits per heavy atom. The van der Waals surface area contributed by atoms with E-state index in [1.54, 1.807) is 16.4 Å². The molecular formula is C11H15N3O2. The molecule has 2 rings (SSSR count). The van der Waals surface area contributed by atoms with Crippen LogP contribution in [0.5, 0.6) is 0 Å². The first-order chi connectivity index (χ1) is 7.72. The molecule has 2 aromatic heterocycles. The van der Waals surface area contributed by atoms with E-state index in [9.17, 15) is 4.79 Å². The van der Waals surface area contributed by atoms with E-state index in [1.807, 2.05) is 25.5 Å². The van der Waals surface area contributed by atoms with Gasteiger partial charge in [-0.1, -0.05) is 0 Å². The summed E-state index contributed by atoms with van der Waals surface area (Å²) in [5.41, 5.74) is 0.497. The summed E-state index contributed by atoms with van der Waals surface area (Å²) in [7, 11) is 3.47. The van der Waals surface area contributed by atoms with Crippen LogP contribution in [0, 0.1) is 0 Å². The monoisotopic (exact) mass is 221 g/mol. The summed E-state index contributed by atoms with van der Waals surface area (Å²) in [6.07, 6.45) is 4.48. The van der Waals surface area contributed by atoms with E-state index in [0.29, 0.717) is 18.7 Å². The van der Waals surface area contributed by atoms with Gasteiger partial charge in [0.1, 0.15) is 0 Å². The van der Waals surface area contributed by atoms with Crippen LogP contribution in [0.3, 0.4) is 0 Å². The topological polar surface area (TPSA) is 49.0 Å². The second-order valence-electron chi connectivity index (χ2n) is 3.77. The van der Waals surface area contributed by atoms with Crippen LogP contribution in [0.25, 0.3) is 10.9 Å². The minimum atomic E-state index is -0.0331. The predicted molar refractivity (Wildman–Crippen MR) is 61.5 cm³/mol. The first-order valence-electron chi connectivity index (χ1n) is 5.24. The molecule has 0 aliphatic rings. The zero-order valence-corrected chi connectivity index (χ0v) is 9.51.